The summed E-state index contributed by atoms with van der Waals surface area (Å²) in [5.41, 5.74) is 0. The summed E-state index contributed by atoms with van der Waals surface area (Å²) in [7, 11) is -3.79. The highest BCUT2D eigenvalue weighted by atomic mass is 32.2. The minimum absolute atomic E-state index is 0.0556. The Morgan fingerprint density at radius 1 is 1.15 bits per heavy atom. The van der Waals surface area contributed by atoms with Gasteiger partial charge in [-0.15, -0.1) is 0 Å². The first kappa shape index (κ1) is 15.4. The lowest BCUT2D eigenvalue weighted by molar-refractivity contribution is 0.202. The molecule has 0 radical (unpaired) electrons. The van der Waals surface area contributed by atoms with E-state index in [1.54, 1.807) is 0 Å². The first-order chi connectivity index (χ1) is 9.55. The molecular weight excluding hydrogens is 283 g/mol. The highest BCUT2D eigenvalue weighted by molar-refractivity contribution is 7.89. The highest BCUT2D eigenvalue weighted by Gasteiger charge is 2.28. The number of halogens is 1. The van der Waals surface area contributed by atoms with Crippen LogP contribution >= 0.6 is 0 Å². The lowest BCUT2D eigenvalue weighted by atomic mass is 10.3. The molecule has 0 amide bonds. The SMILES string of the molecule is O=S(=O)(c1ccccc1F)N1CCCN(CCO)CC1. The molecule has 1 N–H and O–H groups in total. The predicted molar refractivity (Wildman–Crippen MR) is 73.3 cm³/mol. The van der Waals surface area contributed by atoms with Crippen molar-refractivity contribution >= 4 is 10.0 Å². The van der Waals surface area contributed by atoms with E-state index in [1.165, 1.54) is 22.5 Å². The van der Waals surface area contributed by atoms with Gasteiger partial charge in [-0.2, -0.15) is 4.31 Å². The number of aliphatic hydroxyl groups is 1. The van der Waals surface area contributed by atoms with Crippen LogP contribution < -0.4 is 0 Å². The van der Waals surface area contributed by atoms with Crippen LogP contribution in [0.3, 0.4) is 0 Å². The van der Waals surface area contributed by atoms with E-state index in [4.69, 9.17) is 5.11 Å². The summed E-state index contributed by atoms with van der Waals surface area (Å²) in [6.45, 7) is 2.57. The molecule has 0 bridgehead atoms. The molecule has 1 aliphatic rings. The van der Waals surface area contributed by atoms with Crippen molar-refractivity contribution in [1.29, 1.82) is 0 Å². The van der Waals surface area contributed by atoms with Gasteiger partial charge in [0, 0.05) is 26.2 Å². The minimum atomic E-state index is -3.79. The maximum atomic E-state index is 13.7. The number of sulfonamides is 1. The van der Waals surface area contributed by atoms with E-state index in [9.17, 15) is 12.8 Å². The lowest BCUT2D eigenvalue weighted by Crippen LogP contribution is -2.36. The molecule has 7 heteroatoms. The van der Waals surface area contributed by atoms with Crippen LogP contribution in [0.2, 0.25) is 0 Å². The van der Waals surface area contributed by atoms with Crippen molar-refractivity contribution in [3.63, 3.8) is 0 Å². The van der Waals surface area contributed by atoms with E-state index >= 15 is 0 Å². The molecule has 1 aromatic rings. The Bertz CT molecular complexity index is 550. The molecule has 20 heavy (non-hydrogen) atoms. The fourth-order valence-electron chi connectivity index (χ4n) is 2.35. The van der Waals surface area contributed by atoms with Gasteiger partial charge in [0.1, 0.15) is 10.7 Å². The summed E-state index contributed by atoms with van der Waals surface area (Å²) in [5.74, 6) is -0.719. The van der Waals surface area contributed by atoms with Crippen molar-refractivity contribution in [1.82, 2.24) is 9.21 Å². The average molecular weight is 302 g/mol. The van der Waals surface area contributed by atoms with Crippen LogP contribution in [-0.4, -0.2) is 62.1 Å². The monoisotopic (exact) mass is 302 g/mol. The van der Waals surface area contributed by atoms with Crippen LogP contribution in [0.5, 0.6) is 0 Å². The molecule has 0 aromatic heterocycles. The Labute approximate surface area is 118 Å². The molecule has 1 fully saturated rings. The lowest BCUT2D eigenvalue weighted by Gasteiger charge is -2.21. The van der Waals surface area contributed by atoms with Gasteiger partial charge < -0.3 is 5.11 Å². The van der Waals surface area contributed by atoms with Gasteiger partial charge in [0.25, 0.3) is 0 Å². The molecule has 112 valence electrons. The van der Waals surface area contributed by atoms with Gasteiger partial charge in [-0.05, 0) is 25.1 Å². The standard InChI is InChI=1S/C13H19FN2O3S/c14-12-4-1-2-5-13(12)20(18,19)16-7-3-6-15(8-9-16)10-11-17/h1-2,4-5,17H,3,6-11H2. The minimum Gasteiger partial charge on any atom is -0.395 e. The van der Waals surface area contributed by atoms with E-state index in [0.29, 0.717) is 32.6 Å². The van der Waals surface area contributed by atoms with Crippen molar-refractivity contribution in [2.45, 2.75) is 11.3 Å². The third kappa shape index (κ3) is 3.35. The van der Waals surface area contributed by atoms with Gasteiger partial charge >= 0.3 is 0 Å². The second kappa shape index (κ2) is 6.62. The van der Waals surface area contributed by atoms with E-state index in [-0.39, 0.29) is 11.5 Å². The molecule has 0 spiro atoms. The van der Waals surface area contributed by atoms with Crippen molar-refractivity contribution in [3.05, 3.63) is 30.1 Å². The predicted octanol–water partition coefficient (Wildman–Crippen LogP) is 0.514. The molecule has 5 nitrogen and oxygen atoms in total. The zero-order valence-electron chi connectivity index (χ0n) is 11.2. The second-order valence-electron chi connectivity index (χ2n) is 4.75. The largest absolute Gasteiger partial charge is 0.395 e. The molecule has 0 aliphatic carbocycles. The van der Waals surface area contributed by atoms with Crippen LogP contribution in [-0.2, 0) is 10.0 Å². The van der Waals surface area contributed by atoms with Gasteiger partial charge in [-0.1, -0.05) is 12.1 Å². The molecule has 0 unspecified atom stereocenters. The van der Waals surface area contributed by atoms with Crippen LogP contribution in [0.4, 0.5) is 4.39 Å². The molecule has 1 aliphatic heterocycles. The van der Waals surface area contributed by atoms with E-state index in [2.05, 4.69) is 0 Å². The Kier molecular flexibility index (Phi) is 5.09. The maximum Gasteiger partial charge on any atom is 0.246 e. The first-order valence-corrected chi connectivity index (χ1v) is 8.07. The van der Waals surface area contributed by atoms with Gasteiger partial charge in [0.2, 0.25) is 10.0 Å². The number of nitrogens with zero attached hydrogens (tertiary/aromatic N) is 2. The normalized spacial score (nSPS) is 18.9. The highest BCUT2D eigenvalue weighted by Crippen LogP contribution is 2.20. The quantitative estimate of drug-likeness (QED) is 0.880. The smallest absolute Gasteiger partial charge is 0.246 e. The summed E-state index contributed by atoms with van der Waals surface area (Å²) in [4.78, 5) is 1.74. The average Bonchev–Trinajstić information content (AvgIpc) is 2.65. The number of aliphatic hydroxyl groups excluding tert-OH is 1. The third-order valence-electron chi connectivity index (χ3n) is 3.42. The summed E-state index contributed by atoms with van der Waals surface area (Å²) < 4.78 is 39.9. The van der Waals surface area contributed by atoms with Crippen LogP contribution in [0.25, 0.3) is 0 Å². The second-order valence-corrected chi connectivity index (χ2v) is 6.66. The van der Waals surface area contributed by atoms with Crippen molar-refractivity contribution < 1.29 is 17.9 Å². The maximum absolute atomic E-state index is 13.7. The van der Waals surface area contributed by atoms with Crippen LogP contribution in [0, 0.1) is 5.82 Å². The number of β-amino-alcohol motifs (C(OH)–C–C–N with tert-alkyl or cyclic N) is 1. The molecule has 1 heterocycles. The number of rotatable bonds is 4. The Hall–Kier alpha value is -1.02. The van der Waals surface area contributed by atoms with E-state index < -0.39 is 15.8 Å². The number of hydrogen-bond donors (Lipinski definition) is 1. The fraction of sp³-hybridized carbons (Fsp3) is 0.538. The Balaban J connectivity index is 2.16. The molecule has 0 atom stereocenters. The van der Waals surface area contributed by atoms with E-state index in [0.717, 1.165) is 12.6 Å². The fourth-order valence-corrected chi connectivity index (χ4v) is 3.88. The van der Waals surface area contributed by atoms with Crippen LogP contribution in [0.1, 0.15) is 6.42 Å². The van der Waals surface area contributed by atoms with Gasteiger partial charge in [-0.25, -0.2) is 12.8 Å². The molecule has 1 aromatic carbocycles. The summed E-state index contributed by atoms with van der Waals surface area (Å²) in [5, 5.41) is 8.93. The summed E-state index contributed by atoms with van der Waals surface area (Å²) in [6, 6.07) is 5.44. The van der Waals surface area contributed by atoms with Gasteiger partial charge in [0.15, 0.2) is 0 Å². The van der Waals surface area contributed by atoms with Crippen molar-refractivity contribution in [2.75, 3.05) is 39.3 Å². The molecule has 0 saturated carbocycles. The summed E-state index contributed by atoms with van der Waals surface area (Å²) >= 11 is 0. The van der Waals surface area contributed by atoms with Crippen molar-refractivity contribution in [3.8, 4) is 0 Å². The van der Waals surface area contributed by atoms with Gasteiger partial charge in [-0.3, -0.25) is 4.90 Å². The molecule has 2 rings (SSSR count). The third-order valence-corrected chi connectivity index (χ3v) is 5.35. The zero-order chi connectivity index (χ0) is 14.6. The summed E-state index contributed by atoms with van der Waals surface area (Å²) in [6.07, 6.45) is 0.674. The van der Waals surface area contributed by atoms with Crippen LogP contribution in [0.15, 0.2) is 29.2 Å². The number of benzene rings is 1. The molecule has 1 saturated heterocycles. The topological polar surface area (TPSA) is 60.9 Å². The van der Waals surface area contributed by atoms with E-state index in [1.807, 2.05) is 4.90 Å². The molecular formula is C13H19FN2O3S. The Morgan fingerprint density at radius 3 is 2.60 bits per heavy atom. The Morgan fingerprint density at radius 2 is 1.90 bits per heavy atom. The first-order valence-electron chi connectivity index (χ1n) is 6.63. The van der Waals surface area contributed by atoms with Gasteiger partial charge in [0.05, 0.1) is 6.61 Å². The van der Waals surface area contributed by atoms with Crippen molar-refractivity contribution in [2.24, 2.45) is 0 Å². The zero-order valence-corrected chi connectivity index (χ0v) is 12.0. The number of hydrogen-bond acceptors (Lipinski definition) is 4.